The Kier molecular flexibility index (Phi) is 7.28. The molecule has 0 aliphatic heterocycles. The Labute approximate surface area is 171 Å². The lowest BCUT2D eigenvalue weighted by molar-refractivity contribution is -0.152. The first-order chi connectivity index (χ1) is 14.5. The first-order valence-electron chi connectivity index (χ1n) is 8.38. The zero-order valence-electron chi connectivity index (χ0n) is 15.4. The van der Waals surface area contributed by atoms with Crippen LogP contribution in [-0.4, -0.2) is 42.1 Å². The number of ketones is 1. The molecule has 12 heteroatoms. The number of Topliss-reactive ketones (excluding diaryl/α,β-unsaturated/α-hetero) is 1. The number of halogens is 5. The molecule has 1 atom stereocenters. The van der Waals surface area contributed by atoms with Crippen molar-refractivity contribution < 1.29 is 50.9 Å². The summed E-state index contributed by atoms with van der Waals surface area (Å²) in [4.78, 5) is 35.1. The summed E-state index contributed by atoms with van der Waals surface area (Å²) in [5.74, 6) is -7.21. The number of rotatable bonds is 8. The monoisotopic (exact) mass is 447 g/mol. The van der Waals surface area contributed by atoms with E-state index >= 15 is 0 Å². The number of hydrogen-bond acceptors (Lipinski definition) is 6. The number of aliphatic hydroxyl groups excluding tert-OH is 1. The predicted octanol–water partition coefficient (Wildman–Crippen LogP) is 2.25. The van der Waals surface area contributed by atoms with Gasteiger partial charge in [0.15, 0.2) is 24.0 Å². The quantitative estimate of drug-likeness (QED) is 0.364. The summed E-state index contributed by atoms with van der Waals surface area (Å²) in [7, 11) is 0. The molecule has 0 unspecified atom stereocenters. The molecule has 31 heavy (non-hydrogen) atoms. The molecule has 0 radical (unpaired) electrons. The lowest BCUT2D eigenvalue weighted by atomic mass is 10.1. The second-order valence-corrected chi connectivity index (χ2v) is 5.99. The van der Waals surface area contributed by atoms with E-state index in [9.17, 15) is 41.4 Å². The highest BCUT2D eigenvalue weighted by atomic mass is 19.4. The number of nitrogens with two attached hydrogens (primary N) is 1. The summed E-state index contributed by atoms with van der Waals surface area (Å²) in [5.41, 5.74) is 2.57. The van der Waals surface area contributed by atoms with E-state index in [1.54, 1.807) is 0 Å². The number of amides is 1. The molecule has 0 saturated heterocycles. The maximum atomic E-state index is 14.2. The zero-order chi connectivity index (χ0) is 23.3. The van der Waals surface area contributed by atoms with E-state index in [1.165, 1.54) is 0 Å². The van der Waals surface area contributed by atoms with Crippen LogP contribution >= 0.6 is 0 Å². The van der Waals surface area contributed by atoms with Crippen molar-refractivity contribution >= 4 is 17.7 Å². The number of esters is 1. The van der Waals surface area contributed by atoms with Crippen LogP contribution in [0.1, 0.15) is 26.3 Å². The van der Waals surface area contributed by atoms with Crippen LogP contribution in [0.2, 0.25) is 0 Å². The van der Waals surface area contributed by atoms with E-state index in [-0.39, 0.29) is 5.56 Å². The smallest absolute Gasteiger partial charge is 0.416 e. The van der Waals surface area contributed by atoms with Gasteiger partial charge in [-0.1, -0.05) is 12.1 Å². The lowest BCUT2D eigenvalue weighted by Gasteiger charge is -2.17. The van der Waals surface area contributed by atoms with Gasteiger partial charge in [0.2, 0.25) is 6.10 Å². The van der Waals surface area contributed by atoms with Crippen LogP contribution in [0, 0.1) is 11.6 Å². The summed E-state index contributed by atoms with van der Waals surface area (Å²) in [6.07, 6.45) is -6.45. The van der Waals surface area contributed by atoms with Gasteiger partial charge in [-0.25, -0.2) is 13.6 Å². The van der Waals surface area contributed by atoms with Gasteiger partial charge in [-0.15, -0.1) is 0 Å². The predicted molar refractivity (Wildman–Crippen MR) is 93.1 cm³/mol. The van der Waals surface area contributed by atoms with Gasteiger partial charge in [-0.3, -0.25) is 9.59 Å². The van der Waals surface area contributed by atoms with Gasteiger partial charge in [0.05, 0.1) is 12.2 Å². The van der Waals surface area contributed by atoms with Crippen molar-refractivity contribution in [3.05, 3.63) is 64.7 Å². The molecule has 0 fully saturated rings. The molecule has 0 heterocycles. The molecule has 0 saturated carbocycles. The van der Waals surface area contributed by atoms with Crippen LogP contribution in [0.4, 0.5) is 22.0 Å². The molecule has 0 aliphatic carbocycles. The van der Waals surface area contributed by atoms with Gasteiger partial charge in [0.25, 0.3) is 5.91 Å². The third-order valence-corrected chi connectivity index (χ3v) is 3.88. The van der Waals surface area contributed by atoms with Gasteiger partial charge in [-0.05, 0) is 24.3 Å². The normalized spacial score (nSPS) is 12.2. The van der Waals surface area contributed by atoms with Crippen molar-refractivity contribution in [2.45, 2.75) is 12.3 Å². The topological polar surface area (TPSA) is 116 Å². The third-order valence-electron chi connectivity index (χ3n) is 3.88. The summed E-state index contributed by atoms with van der Waals surface area (Å²) in [6, 6.07) is 4.49. The molecule has 2 aromatic carbocycles. The zero-order valence-corrected chi connectivity index (χ0v) is 15.4. The summed E-state index contributed by atoms with van der Waals surface area (Å²) >= 11 is 0. The van der Waals surface area contributed by atoms with E-state index in [0.29, 0.717) is 18.2 Å². The molecule has 0 spiro atoms. The second kappa shape index (κ2) is 9.51. The first kappa shape index (κ1) is 23.7. The fourth-order valence-electron chi connectivity index (χ4n) is 2.32. The molecular formula is C19H14F5NO6. The molecule has 0 aliphatic rings. The number of primary amides is 1. The third kappa shape index (κ3) is 5.75. The Morgan fingerprint density at radius 1 is 1.03 bits per heavy atom. The molecule has 1 amide bonds. The highest BCUT2D eigenvalue weighted by Crippen LogP contribution is 2.29. The number of aliphatic hydroxyl groups is 1. The van der Waals surface area contributed by atoms with Gasteiger partial charge in [-0.2, -0.15) is 13.2 Å². The fourth-order valence-corrected chi connectivity index (χ4v) is 2.32. The molecule has 0 aromatic heterocycles. The summed E-state index contributed by atoms with van der Waals surface area (Å²) < 4.78 is 74.8. The van der Waals surface area contributed by atoms with Crippen molar-refractivity contribution in [3.8, 4) is 5.75 Å². The minimum absolute atomic E-state index is 0.182. The second-order valence-electron chi connectivity index (χ2n) is 5.99. The van der Waals surface area contributed by atoms with Crippen LogP contribution in [0.5, 0.6) is 5.75 Å². The van der Waals surface area contributed by atoms with Crippen LogP contribution in [0.3, 0.4) is 0 Å². The maximum absolute atomic E-state index is 14.2. The average Bonchev–Trinajstić information content (AvgIpc) is 2.70. The highest BCUT2D eigenvalue weighted by molar-refractivity contribution is 5.98. The first-order valence-corrected chi connectivity index (χ1v) is 8.38. The van der Waals surface area contributed by atoms with E-state index in [4.69, 9.17) is 10.5 Å². The Balaban J connectivity index is 2.05. The Hall–Kier alpha value is -3.54. The molecule has 2 rings (SSSR count). The number of carbonyl (C=O) groups excluding carboxylic acids is 3. The molecule has 2 aromatic rings. The minimum Gasteiger partial charge on any atom is -0.473 e. The SMILES string of the molecule is NC(=O)c1c(F)ccc(O[C@H](CO)C(=O)OCC(=O)c2ccc(C(F)(F)F)cc2)c1F. The fraction of sp³-hybridized carbons (Fsp3) is 0.211. The maximum Gasteiger partial charge on any atom is 0.416 e. The number of benzene rings is 2. The van der Waals surface area contributed by atoms with Crippen molar-refractivity contribution in [3.63, 3.8) is 0 Å². The van der Waals surface area contributed by atoms with Gasteiger partial charge in [0.1, 0.15) is 11.4 Å². The van der Waals surface area contributed by atoms with Crippen molar-refractivity contribution in [2.24, 2.45) is 5.73 Å². The summed E-state index contributed by atoms with van der Waals surface area (Å²) in [5, 5.41) is 9.27. The van der Waals surface area contributed by atoms with Crippen LogP contribution in [-0.2, 0) is 15.7 Å². The van der Waals surface area contributed by atoms with Crippen molar-refractivity contribution in [1.82, 2.24) is 0 Å². The molecular weight excluding hydrogens is 433 g/mol. The standard InChI is InChI=1S/C19H14F5NO6/c20-11-5-6-13(16(21)15(11)17(25)28)31-14(7-26)18(29)30-8-12(27)9-1-3-10(4-2-9)19(22,23)24/h1-6,14,26H,7-8H2,(H2,25,28)/t14-/m1/s1. The number of carbonyl (C=O) groups is 3. The van der Waals surface area contributed by atoms with Gasteiger partial charge in [0, 0.05) is 5.56 Å². The Bertz CT molecular complexity index is 991. The average molecular weight is 447 g/mol. The van der Waals surface area contributed by atoms with E-state index in [0.717, 1.165) is 18.2 Å². The van der Waals surface area contributed by atoms with Crippen LogP contribution in [0.25, 0.3) is 0 Å². The van der Waals surface area contributed by atoms with Gasteiger partial charge < -0.3 is 20.3 Å². The van der Waals surface area contributed by atoms with Crippen molar-refractivity contribution in [2.75, 3.05) is 13.2 Å². The van der Waals surface area contributed by atoms with Crippen LogP contribution < -0.4 is 10.5 Å². The van der Waals surface area contributed by atoms with Gasteiger partial charge >= 0.3 is 12.1 Å². The van der Waals surface area contributed by atoms with E-state index in [2.05, 4.69) is 4.74 Å². The molecule has 3 N–H and O–H groups in total. The van der Waals surface area contributed by atoms with E-state index in [1.807, 2.05) is 0 Å². The Morgan fingerprint density at radius 3 is 2.16 bits per heavy atom. The number of ether oxygens (including phenoxy) is 2. The van der Waals surface area contributed by atoms with Crippen molar-refractivity contribution in [1.29, 1.82) is 0 Å². The minimum atomic E-state index is -4.59. The molecule has 166 valence electrons. The summed E-state index contributed by atoms with van der Waals surface area (Å²) in [6.45, 7) is -1.96. The number of hydrogen-bond donors (Lipinski definition) is 2. The largest absolute Gasteiger partial charge is 0.473 e. The lowest BCUT2D eigenvalue weighted by Crippen LogP contribution is -2.34. The molecule has 0 bridgehead atoms. The number of alkyl halides is 3. The van der Waals surface area contributed by atoms with Crippen LogP contribution in [0.15, 0.2) is 36.4 Å². The Morgan fingerprint density at radius 2 is 1.65 bits per heavy atom. The highest BCUT2D eigenvalue weighted by Gasteiger charge is 2.30. The molecule has 7 nitrogen and oxygen atoms in total. The van der Waals surface area contributed by atoms with E-state index < -0.39 is 71.7 Å².